The van der Waals surface area contributed by atoms with E-state index in [1.165, 1.54) is 0 Å². The van der Waals surface area contributed by atoms with Gasteiger partial charge in [-0.1, -0.05) is 76.2 Å². The van der Waals surface area contributed by atoms with Gasteiger partial charge in [-0.3, -0.25) is 14.5 Å². The fourth-order valence-electron chi connectivity index (χ4n) is 3.73. The van der Waals surface area contributed by atoms with E-state index in [-0.39, 0.29) is 30.2 Å². The lowest BCUT2D eigenvalue weighted by atomic mass is 9.92. The fraction of sp³-hybridized carbons (Fsp3) is 0.375. The van der Waals surface area contributed by atoms with Gasteiger partial charge in [0.2, 0.25) is 5.91 Å². The van der Waals surface area contributed by atoms with Crippen molar-refractivity contribution < 1.29 is 14.4 Å². The molecule has 2 aromatic rings. The summed E-state index contributed by atoms with van der Waals surface area (Å²) in [5.41, 5.74) is 3.80. The summed E-state index contributed by atoms with van der Waals surface area (Å²) in [5, 5.41) is 5.65. The maximum Gasteiger partial charge on any atom is 0.325 e. The number of carbonyl (C=O) groups excluding carboxylic acids is 3. The Bertz CT molecular complexity index is 912. The standard InChI is InChI=1S/C24H29N3O3/c1-15(2)18-11-8-12-19(16(3)4)22(18)26-21(28)14-27-23(29)20(25-24(27)30)13-17-9-6-5-7-10-17/h5-12,15-16,20H,13-14H2,1-4H3,(H,25,30)(H,26,28)/t20-/m0/s1. The van der Waals surface area contributed by atoms with Gasteiger partial charge in [-0.05, 0) is 28.5 Å². The zero-order valence-electron chi connectivity index (χ0n) is 17.9. The first-order valence-electron chi connectivity index (χ1n) is 10.4. The molecule has 2 aromatic carbocycles. The molecule has 1 fully saturated rings. The lowest BCUT2D eigenvalue weighted by Crippen LogP contribution is -2.39. The number of carbonyl (C=O) groups is 3. The number of hydrogen-bond donors (Lipinski definition) is 2. The van der Waals surface area contributed by atoms with Crippen LogP contribution in [0.4, 0.5) is 10.5 Å². The molecule has 0 spiro atoms. The number of nitrogens with zero attached hydrogens (tertiary/aromatic N) is 1. The average Bonchev–Trinajstić information content (AvgIpc) is 2.96. The monoisotopic (exact) mass is 407 g/mol. The maximum absolute atomic E-state index is 12.8. The molecule has 0 aliphatic carbocycles. The molecule has 1 aliphatic heterocycles. The number of nitrogens with one attached hydrogen (secondary N) is 2. The summed E-state index contributed by atoms with van der Waals surface area (Å²) >= 11 is 0. The van der Waals surface area contributed by atoms with Crippen molar-refractivity contribution in [3.05, 3.63) is 65.2 Å². The second kappa shape index (κ2) is 9.11. The molecule has 4 amide bonds. The Balaban J connectivity index is 1.72. The van der Waals surface area contributed by atoms with E-state index in [1.807, 2.05) is 48.5 Å². The van der Waals surface area contributed by atoms with Gasteiger partial charge in [0.25, 0.3) is 5.91 Å². The van der Waals surface area contributed by atoms with Crippen molar-refractivity contribution in [2.45, 2.75) is 52.0 Å². The first kappa shape index (κ1) is 21.6. The topological polar surface area (TPSA) is 78.5 Å². The van der Waals surface area contributed by atoms with Gasteiger partial charge in [-0.15, -0.1) is 0 Å². The number of urea groups is 1. The summed E-state index contributed by atoms with van der Waals surface area (Å²) in [6, 6.07) is 14.3. The number of rotatable bonds is 7. The van der Waals surface area contributed by atoms with Crippen LogP contribution in [0.3, 0.4) is 0 Å². The molecule has 0 unspecified atom stereocenters. The minimum absolute atomic E-state index is 0.228. The van der Waals surface area contributed by atoms with Gasteiger partial charge < -0.3 is 10.6 Å². The lowest BCUT2D eigenvalue weighted by molar-refractivity contribution is -0.130. The van der Waals surface area contributed by atoms with E-state index in [0.717, 1.165) is 27.3 Å². The van der Waals surface area contributed by atoms with E-state index < -0.39 is 12.1 Å². The molecule has 0 aromatic heterocycles. The van der Waals surface area contributed by atoms with E-state index >= 15 is 0 Å². The normalized spacial score (nSPS) is 16.3. The quantitative estimate of drug-likeness (QED) is 0.680. The predicted molar refractivity (Wildman–Crippen MR) is 117 cm³/mol. The van der Waals surface area contributed by atoms with Gasteiger partial charge in [0.05, 0.1) is 0 Å². The van der Waals surface area contributed by atoms with Gasteiger partial charge in [-0.25, -0.2) is 4.79 Å². The summed E-state index contributed by atoms with van der Waals surface area (Å²) in [7, 11) is 0. The maximum atomic E-state index is 12.8. The SMILES string of the molecule is CC(C)c1cccc(C(C)C)c1NC(=O)CN1C(=O)N[C@@H](Cc2ccccc2)C1=O. The van der Waals surface area contributed by atoms with Gasteiger partial charge in [0, 0.05) is 12.1 Å². The Kier molecular flexibility index (Phi) is 6.55. The Morgan fingerprint density at radius 1 is 0.967 bits per heavy atom. The van der Waals surface area contributed by atoms with Crippen LogP contribution in [0.1, 0.15) is 56.2 Å². The van der Waals surface area contributed by atoms with Crippen LogP contribution in [-0.2, 0) is 16.0 Å². The Morgan fingerprint density at radius 3 is 2.13 bits per heavy atom. The van der Waals surface area contributed by atoms with Crippen molar-refractivity contribution in [1.29, 1.82) is 0 Å². The fourth-order valence-corrected chi connectivity index (χ4v) is 3.73. The van der Waals surface area contributed by atoms with Gasteiger partial charge in [-0.2, -0.15) is 0 Å². The van der Waals surface area contributed by atoms with E-state index in [9.17, 15) is 14.4 Å². The van der Waals surface area contributed by atoms with E-state index in [1.54, 1.807) is 0 Å². The molecule has 0 saturated carbocycles. The van der Waals surface area contributed by atoms with Crippen molar-refractivity contribution >= 4 is 23.5 Å². The highest BCUT2D eigenvalue weighted by Gasteiger charge is 2.39. The molecule has 1 heterocycles. The third-order valence-corrected chi connectivity index (χ3v) is 5.33. The van der Waals surface area contributed by atoms with Crippen LogP contribution in [0, 0.1) is 0 Å². The van der Waals surface area contributed by atoms with E-state index in [2.05, 4.69) is 38.3 Å². The summed E-state index contributed by atoms with van der Waals surface area (Å²) in [6.45, 7) is 7.97. The highest BCUT2D eigenvalue weighted by atomic mass is 16.2. The molecule has 1 aliphatic rings. The summed E-state index contributed by atoms with van der Waals surface area (Å²) < 4.78 is 0. The second-order valence-corrected chi connectivity index (χ2v) is 8.29. The Labute approximate surface area is 177 Å². The van der Waals surface area contributed by atoms with Crippen LogP contribution in [0.25, 0.3) is 0 Å². The summed E-state index contributed by atoms with van der Waals surface area (Å²) in [5.74, 6) is -0.300. The summed E-state index contributed by atoms with van der Waals surface area (Å²) in [4.78, 5) is 38.8. The van der Waals surface area contributed by atoms with Gasteiger partial charge in [0.1, 0.15) is 12.6 Å². The molecule has 1 atom stereocenters. The highest BCUT2D eigenvalue weighted by molar-refractivity contribution is 6.08. The zero-order chi connectivity index (χ0) is 21.8. The molecule has 6 heteroatoms. The van der Waals surface area contributed by atoms with Crippen molar-refractivity contribution in [3.8, 4) is 0 Å². The Morgan fingerprint density at radius 2 is 1.57 bits per heavy atom. The number of imide groups is 1. The molecular formula is C24H29N3O3. The number of benzene rings is 2. The molecule has 0 bridgehead atoms. The van der Waals surface area contributed by atoms with Crippen LogP contribution in [0.15, 0.2) is 48.5 Å². The van der Waals surface area contributed by atoms with Gasteiger partial charge in [0.15, 0.2) is 0 Å². The third-order valence-electron chi connectivity index (χ3n) is 5.33. The number of anilines is 1. The first-order chi connectivity index (χ1) is 14.3. The molecule has 2 N–H and O–H groups in total. The number of hydrogen-bond acceptors (Lipinski definition) is 3. The lowest BCUT2D eigenvalue weighted by Gasteiger charge is -2.21. The molecule has 158 valence electrons. The Hall–Kier alpha value is -3.15. The molecule has 0 radical (unpaired) electrons. The molecule has 6 nitrogen and oxygen atoms in total. The van der Waals surface area contributed by atoms with Crippen LogP contribution < -0.4 is 10.6 Å². The second-order valence-electron chi connectivity index (χ2n) is 8.29. The van der Waals surface area contributed by atoms with Crippen LogP contribution in [0.5, 0.6) is 0 Å². The molecule has 3 rings (SSSR count). The van der Waals surface area contributed by atoms with Crippen molar-refractivity contribution in [1.82, 2.24) is 10.2 Å². The van der Waals surface area contributed by atoms with Crippen LogP contribution in [0.2, 0.25) is 0 Å². The minimum Gasteiger partial charge on any atom is -0.325 e. The van der Waals surface area contributed by atoms with Crippen molar-refractivity contribution in [2.75, 3.05) is 11.9 Å². The van der Waals surface area contributed by atoms with Gasteiger partial charge >= 0.3 is 6.03 Å². The smallest absolute Gasteiger partial charge is 0.325 e. The highest BCUT2D eigenvalue weighted by Crippen LogP contribution is 2.32. The van der Waals surface area contributed by atoms with Crippen molar-refractivity contribution in [2.24, 2.45) is 0 Å². The molecular weight excluding hydrogens is 378 g/mol. The minimum atomic E-state index is -0.651. The first-order valence-corrected chi connectivity index (χ1v) is 10.4. The summed E-state index contributed by atoms with van der Waals surface area (Å²) in [6.07, 6.45) is 0.400. The number of amides is 4. The molecule has 1 saturated heterocycles. The predicted octanol–water partition coefficient (Wildman–Crippen LogP) is 4.04. The number of para-hydroxylation sites is 1. The van der Waals surface area contributed by atoms with Crippen LogP contribution in [-0.4, -0.2) is 35.3 Å². The average molecular weight is 408 g/mol. The third kappa shape index (κ3) is 4.70. The molecule has 30 heavy (non-hydrogen) atoms. The van der Waals surface area contributed by atoms with Crippen molar-refractivity contribution in [3.63, 3.8) is 0 Å². The van der Waals surface area contributed by atoms with E-state index in [0.29, 0.717) is 6.42 Å². The van der Waals surface area contributed by atoms with Crippen LogP contribution >= 0.6 is 0 Å². The largest absolute Gasteiger partial charge is 0.325 e. The van der Waals surface area contributed by atoms with E-state index in [4.69, 9.17) is 0 Å². The zero-order valence-corrected chi connectivity index (χ0v) is 17.9.